The van der Waals surface area contributed by atoms with Crippen molar-refractivity contribution in [2.75, 3.05) is 6.54 Å². The first-order valence-electron chi connectivity index (χ1n) is 2.86. The lowest BCUT2D eigenvalue weighted by Crippen LogP contribution is -2.31. The van der Waals surface area contributed by atoms with Crippen molar-refractivity contribution in [3.63, 3.8) is 0 Å². The Morgan fingerprint density at radius 1 is 1.50 bits per heavy atom. The number of carboxylic acid groups (broad SMARTS) is 1. The van der Waals surface area contributed by atoms with Gasteiger partial charge < -0.3 is 21.0 Å². The molecule has 0 heterocycles. The van der Waals surface area contributed by atoms with Crippen LogP contribution in [0.15, 0.2) is 0 Å². The van der Waals surface area contributed by atoms with Gasteiger partial charge in [-0.05, 0) is 12.8 Å². The summed E-state index contributed by atoms with van der Waals surface area (Å²) in [6.45, 7) is 0.281. The van der Waals surface area contributed by atoms with Crippen LogP contribution in [0.4, 0.5) is 4.79 Å². The standard InChI is InChI=1S/C5H10N2O3/c6-5(10)7-3-1-2-4(8)9/h1-3H2,(H,8,9)(H3,6,7,10)/p-1. The van der Waals surface area contributed by atoms with Gasteiger partial charge >= 0.3 is 6.03 Å². The minimum atomic E-state index is -1.12. The minimum absolute atomic E-state index is 0.0553. The summed E-state index contributed by atoms with van der Waals surface area (Å²) < 4.78 is 0. The number of carboxylic acids is 1. The number of hydrogen-bond acceptors (Lipinski definition) is 3. The van der Waals surface area contributed by atoms with Gasteiger partial charge in [-0.15, -0.1) is 0 Å². The van der Waals surface area contributed by atoms with Gasteiger partial charge in [-0.1, -0.05) is 0 Å². The van der Waals surface area contributed by atoms with Crippen molar-refractivity contribution in [1.82, 2.24) is 5.32 Å². The average molecular weight is 145 g/mol. The van der Waals surface area contributed by atoms with Gasteiger partial charge in [0.25, 0.3) is 0 Å². The first-order chi connectivity index (χ1) is 4.63. The molecule has 5 nitrogen and oxygen atoms in total. The van der Waals surface area contributed by atoms with Gasteiger partial charge in [-0.2, -0.15) is 0 Å². The molecule has 5 heteroatoms. The van der Waals surface area contributed by atoms with E-state index in [1.165, 1.54) is 0 Å². The van der Waals surface area contributed by atoms with Crippen molar-refractivity contribution in [3.8, 4) is 0 Å². The van der Waals surface area contributed by atoms with E-state index in [0.29, 0.717) is 6.42 Å². The van der Waals surface area contributed by atoms with Crippen LogP contribution in [-0.2, 0) is 4.79 Å². The van der Waals surface area contributed by atoms with E-state index in [1.807, 2.05) is 0 Å². The first-order valence-corrected chi connectivity index (χ1v) is 2.86. The lowest BCUT2D eigenvalue weighted by Gasteiger charge is -2.01. The molecule has 0 aromatic carbocycles. The number of nitrogens with two attached hydrogens (primary N) is 1. The zero-order valence-electron chi connectivity index (χ0n) is 5.42. The number of amides is 2. The Labute approximate surface area is 58.2 Å². The van der Waals surface area contributed by atoms with Crippen LogP contribution >= 0.6 is 0 Å². The summed E-state index contributed by atoms with van der Waals surface area (Å²) in [6.07, 6.45) is 0.297. The summed E-state index contributed by atoms with van der Waals surface area (Å²) in [6, 6.07) is -0.640. The van der Waals surface area contributed by atoms with Gasteiger partial charge in [-0.25, -0.2) is 4.79 Å². The fourth-order valence-corrected chi connectivity index (χ4v) is 0.444. The molecule has 0 fully saturated rings. The van der Waals surface area contributed by atoms with Gasteiger partial charge in [0.2, 0.25) is 0 Å². The van der Waals surface area contributed by atoms with Crippen molar-refractivity contribution in [1.29, 1.82) is 0 Å². The van der Waals surface area contributed by atoms with E-state index in [9.17, 15) is 14.7 Å². The highest BCUT2D eigenvalue weighted by molar-refractivity contribution is 5.71. The second kappa shape index (κ2) is 4.60. The summed E-state index contributed by atoms with van der Waals surface area (Å²) in [7, 11) is 0. The maximum atomic E-state index is 9.99. The number of primary amides is 1. The van der Waals surface area contributed by atoms with Crippen molar-refractivity contribution in [2.45, 2.75) is 12.8 Å². The third kappa shape index (κ3) is 6.74. The van der Waals surface area contributed by atoms with Gasteiger partial charge in [-0.3, -0.25) is 0 Å². The molecule has 0 bridgehead atoms. The second-order valence-corrected chi connectivity index (χ2v) is 1.77. The SMILES string of the molecule is NC(=O)NCCCC(=O)[O-]. The number of rotatable bonds is 4. The van der Waals surface area contributed by atoms with E-state index in [2.05, 4.69) is 5.32 Å². The quantitative estimate of drug-likeness (QED) is 0.456. The monoisotopic (exact) mass is 145 g/mol. The van der Waals surface area contributed by atoms with Crippen LogP contribution in [0.1, 0.15) is 12.8 Å². The molecule has 3 N–H and O–H groups in total. The molecule has 0 saturated carbocycles. The lowest BCUT2D eigenvalue weighted by atomic mass is 10.3. The molecule has 0 aliphatic rings. The second-order valence-electron chi connectivity index (χ2n) is 1.77. The van der Waals surface area contributed by atoms with Crippen LogP contribution in [0.25, 0.3) is 0 Å². The van der Waals surface area contributed by atoms with E-state index in [1.54, 1.807) is 0 Å². The normalized spacial score (nSPS) is 8.80. The highest BCUT2D eigenvalue weighted by atomic mass is 16.4. The molecule has 0 aliphatic carbocycles. The van der Waals surface area contributed by atoms with Crippen molar-refractivity contribution in [2.24, 2.45) is 5.73 Å². The molecule has 0 rings (SSSR count). The van der Waals surface area contributed by atoms with Crippen molar-refractivity contribution >= 4 is 12.0 Å². The molecule has 0 aromatic heterocycles. The molecule has 0 spiro atoms. The molecule has 0 radical (unpaired) electrons. The Balaban J connectivity index is 3.06. The molecule has 58 valence electrons. The zero-order valence-corrected chi connectivity index (χ0v) is 5.42. The Morgan fingerprint density at radius 3 is 2.50 bits per heavy atom. The highest BCUT2D eigenvalue weighted by Crippen LogP contribution is 1.82. The lowest BCUT2D eigenvalue weighted by molar-refractivity contribution is -0.305. The molecule has 2 amide bonds. The molecular formula is C5H9N2O3-. The van der Waals surface area contributed by atoms with Crippen LogP contribution < -0.4 is 16.2 Å². The van der Waals surface area contributed by atoms with Gasteiger partial charge in [0, 0.05) is 12.5 Å². The molecule has 0 aromatic rings. The fraction of sp³-hybridized carbons (Fsp3) is 0.600. The third-order valence-electron chi connectivity index (χ3n) is 0.857. The number of aliphatic carboxylic acids is 1. The Hall–Kier alpha value is -1.26. The molecular weight excluding hydrogens is 136 g/mol. The molecule has 10 heavy (non-hydrogen) atoms. The highest BCUT2D eigenvalue weighted by Gasteiger charge is 1.90. The summed E-state index contributed by atoms with van der Waals surface area (Å²) in [4.78, 5) is 19.8. The summed E-state index contributed by atoms with van der Waals surface area (Å²) >= 11 is 0. The smallest absolute Gasteiger partial charge is 0.312 e. The van der Waals surface area contributed by atoms with E-state index >= 15 is 0 Å². The topological polar surface area (TPSA) is 95.2 Å². The predicted molar refractivity (Wildman–Crippen MR) is 31.8 cm³/mol. The molecule has 0 aliphatic heterocycles. The summed E-state index contributed by atoms with van der Waals surface area (Å²) in [5, 5.41) is 12.0. The van der Waals surface area contributed by atoms with Gasteiger partial charge in [0.1, 0.15) is 0 Å². The summed E-state index contributed by atoms with van der Waals surface area (Å²) in [5.41, 5.74) is 4.70. The number of carbonyl (C=O) groups is 2. The maximum Gasteiger partial charge on any atom is 0.312 e. The van der Waals surface area contributed by atoms with Crippen LogP contribution in [-0.4, -0.2) is 18.5 Å². The largest absolute Gasteiger partial charge is 0.550 e. The maximum absolute atomic E-state index is 9.99. The van der Waals surface area contributed by atoms with Gasteiger partial charge in [0.05, 0.1) is 0 Å². The molecule has 0 atom stereocenters. The van der Waals surface area contributed by atoms with Crippen LogP contribution in [0.5, 0.6) is 0 Å². The third-order valence-corrected chi connectivity index (χ3v) is 0.857. The van der Waals surface area contributed by atoms with E-state index in [-0.39, 0.29) is 13.0 Å². The number of nitrogens with one attached hydrogen (secondary N) is 1. The van der Waals surface area contributed by atoms with Crippen molar-refractivity contribution < 1.29 is 14.7 Å². The average Bonchev–Trinajstić information content (AvgIpc) is 1.79. The molecule has 0 saturated heterocycles. The Kier molecular flexibility index (Phi) is 4.02. The van der Waals surface area contributed by atoms with E-state index in [4.69, 9.17) is 5.73 Å². The summed E-state index contributed by atoms with van der Waals surface area (Å²) in [5.74, 6) is -1.12. The van der Waals surface area contributed by atoms with Gasteiger partial charge in [0.15, 0.2) is 0 Å². The Bertz CT molecular complexity index is 119. The number of hydrogen-bond donors (Lipinski definition) is 2. The fourth-order valence-electron chi connectivity index (χ4n) is 0.444. The van der Waals surface area contributed by atoms with Crippen LogP contribution in [0.3, 0.4) is 0 Å². The molecule has 0 unspecified atom stereocenters. The number of urea groups is 1. The minimum Gasteiger partial charge on any atom is -0.550 e. The predicted octanol–water partition coefficient (Wildman–Crippen LogP) is -1.82. The van der Waals surface area contributed by atoms with Crippen LogP contribution in [0.2, 0.25) is 0 Å². The van der Waals surface area contributed by atoms with Crippen LogP contribution in [0, 0.1) is 0 Å². The number of carbonyl (C=O) groups excluding carboxylic acids is 2. The van der Waals surface area contributed by atoms with E-state index in [0.717, 1.165) is 0 Å². The van der Waals surface area contributed by atoms with Crippen molar-refractivity contribution in [3.05, 3.63) is 0 Å². The zero-order chi connectivity index (χ0) is 7.98. The Morgan fingerprint density at radius 2 is 2.10 bits per heavy atom. The van der Waals surface area contributed by atoms with E-state index < -0.39 is 12.0 Å². The first kappa shape index (κ1) is 8.74.